The molecule has 2 nitrogen and oxygen atoms in total. The summed E-state index contributed by atoms with van der Waals surface area (Å²) in [5, 5.41) is 0. The first-order chi connectivity index (χ1) is 11.7. The average Bonchev–Trinajstić information content (AvgIpc) is 3.25. The lowest BCUT2D eigenvalue weighted by Gasteiger charge is -2.34. The molecule has 122 valence electrons. The predicted molar refractivity (Wildman–Crippen MR) is 93.7 cm³/mol. The lowest BCUT2D eigenvalue weighted by Crippen LogP contribution is -2.38. The van der Waals surface area contributed by atoms with Gasteiger partial charge < -0.3 is 4.74 Å². The molecule has 3 aliphatic carbocycles. The van der Waals surface area contributed by atoms with Gasteiger partial charge in [-0.05, 0) is 66.7 Å². The number of fused-ring (bicyclic) bond motifs is 5. The van der Waals surface area contributed by atoms with E-state index in [0.717, 1.165) is 23.5 Å². The molecular formula is C22H22O2. The Morgan fingerprint density at radius 2 is 1.62 bits per heavy atom. The minimum atomic E-state index is -0.270. The van der Waals surface area contributed by atoms with Gasteiger partial charge in [-0.15, -0.1) is 0 Å². The number of rotatable bonds is 2. The van der Waals surface area contributed by atoms with Crippen LogP contribution in [0.4, 0.5) is 0 Å². The van der Waals surface area contributed by atoms with E-state index in [1.165, 1.54) is 30.4 Å². The van der Waals surface area contributed by atoms with Crippen LogP contribution in [-0.4, -0.2) is 11.6 Å². The molecule has 2 aromatic carbocycles. The van der Waals surface area contributed by atoms with Crippen LogP contribution in [0.2, 0.25) is 0 Å². The Morgan fingerprint density at radius 1 is 1.00 bits per heavy atom. The Hall–Kier alpha value is -2.09. The standard InChI is InChI=1S/C22H22O2/c1-22(13-14-10-11-15(22)12-14)24-21(23)20-18-8-4-2-6-16(18)17-7-3-5-9-19(17)20/h2-9,14-15,20H,10-13H2,1H3/t14-,15+,22-/m0/s1. The number of esters is 1. The molecule has 2 saturated carbocycles. The highest BCUT2D eigenvalue weighted by Gasteiger charge is 2.51. The van der Waals surface area contributed by atoms with E-state index >= 15 is 0 Å². The zero-order valence-corrected chi connectivity index (χ0v) is 14.0. The third-order valence-electron chi connectivity index (χ3n) is 6.50. The largest absolute Gasteiger partial charge is 0.458 e. The molecule has 0 aliphatic heterocycles. The summed E-state index contributed by atoms with van der Waals surface area (Å²) in [5.41, 5.74) is 4.28. The topological polar surface area (TPSA) is 26.3 Å². The summed E-state index contributed by atoms with van der Waals surface area (Å²) in [6, 6.07) is 16.5. The van der Waals surface area contributed by atoms with Gasteiger partial charge in [-0.25, -0.2) is 0 Å². The third-order valence-corrected chi connectivity index (χ3v) is 6.50. The van der Waals surface area contributed by atoms with E-state index in [-0.39, 0.29) is 17.5 Å². The molecule has 2 bridgehead atoms. The minimum Gasteiger partial charge on any atom is -0.458 e. The fraction of sp³-hybridized carbons (Fsp3) is 0.409. The van der Waals surface area contributed by atoms with Crippen molar-refractivity contribution in [3.63, 3.8) is 0 Å². The molecule has 0 heterocycles. The maximum absolute atomic E-state index is 13.2. The van der Waals surface area contributed by atoms with Gasteiger partial charge in [0, 0.05) is 0 Å². The number of hydrogen-bond donors (Lipinski definition) is 0. The van der Waals surface area contributed by atoms with Crippen LogP contribution >= 0.6 is 0 Å². The van der Waals surface area contributed by atoms with Crippen molar-refractivity contribution in [1.29, 1.82) is 0 Å². The van der Waals surface area contributed by atoms with Gasteiger partial charge in [-0.2, -0.15) is 0 Å². The summed E-state index contributed by atoms with van der Waals surface area (Å²) in [7, 11) is 0. The van der Waals surface area contributed by atoms with Crippen LogP contribution in [-0.2, 0) is 9.53 Å². The highest BCUT2D eigenvalue weighted by Crippen LogP contribution is 2.53. The highest BCUT2D eigenvalue weighted by atomic mass is 16.6. The number of ether oxygens (including phenoxy) is 1. The van der Waals surface area contributed by atoms with Crippen molar-refractivity contribution in [2.45, 2.75) is 44.1 Å². The number of hydrogen-bond acceptors (Lipinski definition) is 2. The van der Waals surface area contributed by atoms with Crippen LogP contribution in [0.1, 0.15) is 49.7 Å². The molecular weight excluding hydrogens is 296 g/mol. The Labute approximate surface area is 142 Å². The van der Waals surface area contributed by atoms with Crippen molar-refractivity contribution in [3.05, 3.63) is 59.7 Å². The van der Waals surface area contributed by atoms with E-state index in [9.17, 15) is 4.79 Å². The Morgan fingerprint density at radius 3 is 2.17 bits per heavy atom. The molecule has 24 heavy (non-hydrogen) atoms. The summed E-state index contributed by atoms with van der Waals surface area (Å²) in [6.45, 7) is 2.15. The van der Waals surface area contributed by atoms with Crippen LogP contribution in [0, 0.1) is 11.8 Å². The van der Waals surface area contributed by atoms with Crippen molar-refractivity contribution in [3.8, 4) is 11.1 Å². The molecule has 0 saturated heterocycles. The molecule has 2 fully saturated rings. The Kier molecular flexibility index (Phi) is 2.94. The summed E-state index contributed by atoms with van der Waals surface area (Å²) in [6.07, 6.45) is 4.81. The lowest BCUT2D eigenvalue weighted by molar-refractivity contribution is -0.164. The molecule has 3 atom stereocenters. The second-order valence-corrected chi connectivity index (χ2v) is 7.92. The van der Waals surface area contributed by atoms with Gasteiger partial charge >= 0.3 is 5.97 Å². The van der Waals surface area contributed by atoms with Crippen molar-refractivity contribution in [2.75, 3.05) is 0 Å². The number of carbonyl (C=O) groups is 1. The summed E-state index contributed by atoms with van der Waals surface area (Å²) < 4.78 is 6.19. The fourth-order valence-electron chi connectivity index (χ4n) is 5.38. The number of carbonyl (C=O) groups excluding carboxylic acids is 1. The van der Waals surface area contributed by atoms with Crippen molar-refractivity contribution in [1.82, 2.24) is 0 Å². The van der Waals surface area contributed by atoms with Crippen LogP contribution in [0.5, 0.6) is 0 Å². The van der Waals surface area contributed by atoms with E-state index < -0.39 is 0 Å². The number of benzene rings is 2. The van der Waals surface area contributed by atoms with Crippen LogP contribution in [0.3, 0.4) is 0 Å². The van der Waals surface area contributed by atoms with Gasteiger partial charge in [0.2, 0.25) is 0 Å². The molecule has 2 heteroatoms. The molecule has 0 radical (unpaired) electrons. The second kappa shape index (κ2) is 4.95. The highest BCUT2D eigenvalue weighted by molar-refractivity contribution is 5.93. The molecule has 0 spiro atoms. The van der Waals surface area contributed by atoms with Crippen LogP contribution in [0.15, 0.2) is 48.5 Å². The average molecular weight is 318 g/mol. The van der Waals surface area contributed by atoms with E-state index in [4.69, 9.17) is 4.74 Å². The van der Waals surface area contributed by atoms with Crippen LogP contribution in [0.25, 0.3) is 11.1 Å². The van der Waals surface area contributed by atoms with E-state index in [2.05, 4.69) is 31.2 Å². The molecule has 0 aromatic heterocycles. The van der Waals surface area contributed by atoms with Gasteiger partial charge in [0.05, 0.1) is 0 Å². The molecule has 5 rings (SSSR count). The first-order valence-corrected chi connectivity index (χ1v) is 9.07. The second-order valence-electron chi connectivity index (χ2n) is 7.92. The first-order valence-electron chi connectivity index (χ1n) is 9.07. The normalized spacial score (nSPS) is 30.2. The SMILES string of the molecule is C[C@]1(OC(=O)C2c3ccccc3-c3ccccc32)C[C@H]2CC[C@@H]1C2. The Balaban J connectivity index is 1.51. The fourth-order valence-corrected chi connectivity index (χ4v) is 5.38. The third kappa shape index (κ3) is 1.92. The van der Waals surface area contributed by atoms with Crippen molar-refractivity contribution >= 4 is 5.97 Å². The molecule has 0 N–H and O–H groups in total. The van der Waals surface area contributed by atoms with Crippen LogP contribution < -0.4 is 0 Å². The summed E-state index contributed by atoms with van der Waals surface area (Å²) in [5.74, 6) is 0.977. The van der Waals surface area contributed by atoms with Gasteiger partial charge in [-0.3, -0.25) is 4.79 Å². The summed E-state index contributed by atoms with van der Waals surface area (Å²) in [4.78, 5) is 13.2. The van der Waals surface area contributed by atoms with E-state index in [0.29, 0.717) is 5.92 Å². The maximum Gasteiger partial charge on any atom is 0.318 e. The van der Waals surface area contributed by atoms with E-state index in [1.54, 1.807) is 0 Å². The van der Waals surface area contributed by atoms with E-state index in [1.807, 2.05) is 24.3 Å². The molecule has 2 aromatic rings. The maximum atomic E-state index is 13.2. The molecule has 3 aliphatic rings. The predicted octanol–water partition coefficient (Wildman–Crippen LogP) is 4.92. The van der Waals surface area contributed by atoms with Gasteiger partial charge in [0.25, 0.3) is 0 Å². The lowest BCUT2D eigenvalue weighted by atomic mass is 9.85. The van der Waals surface area contributed by atoms with Crippen molar-refractivity contribution in [2.24, 2.45) is 11.8 Å². The first kappa shape index (κ1) is 14.3. The minimum absolute atomic E-state index is 0.0672. The zero-order chi connectivity index (χ0) is 16.3. The smallest absolute Gasteiger partial charge is 0.318 e. The monoisotopic (exact) mass is 318 g/mol. The summed E-state index contributed by atoms with van der Waals surface area (Å²) >= 11 is 0. The Bertz CT molecular complexity index is 779. The zero-order valence-electron chi connectivity index (χ0n) is 14.0. The van der Waals surface area contributed by atoms with Gasteiger partial charge in [0.1, 0.15) is 11.5 Å². The van der Waals surface area contributed by atoms with Crippen molar-refractivity contribution < 1.29 is 9.53 Å². The van der Waals surface area contributed by atoms with Gasteiger partial charge in [-0.1, -0.05) is 48.5 Å². The molecule has 0 unspecified atom stereocenters. The molecule has 0 amide bonds. The quantitative estimate of drug-likeness (QED) is 0.735. The van der Waals surface area contributed by atoms with Gasteiger partial charge in [0.15, 0.2) is 0 Å².